The summed E-state index contributed by atoms with van der Waals surface area (Å²) in [7, 11) is 0. The van der Waals surface area contributed by atoms with E-state index < -0.39 is 5.97 Å². The zero-order valence-corrected chi connectivity index (χ0v) is 6.27. The Labute approximate surface area is 72.2 Å². The lowest BCUT2D eigenvalue weighted by Crippen LogP contribution is -2.24. The Morgan fingerprint density at radius 3 is 2.62 bits per heavy atom. The number of ether oxygens (including phenoxy) is 2. The van der Waals surface area contributed by atoms with Crippen LogP contribution >= 0.6 is 0 Å². The van der Waals surface area contributed by atoms with Crippen molar-refractivity contribution in [2.45, 2.75) is 0 Å². The number of oxime groups is 1. The quantitative estimate of drug-likeness (QED) is 0.213. The van der Waals surface area contributed by atoms with E-state index in [0.717, 1.165) is 0 Å². The number of hydrogen-bond donors (Lipinski definition) is 1. The SMILES string of the molecule is O=C1Oc2cc(cc3c2O3)/C1=N\O. The van der Waals surface area contributed by atoms with Crippen LogP contribution in [-0.2, 0) is 4.79 Å². The predicted molar refractivity (Wildman–Crippen MR) is 40.5 cm³/mol. The fraction of sp³-hybridized carbons (Fsp3) is 0. The lowest BCUT2D eigenvalue weighted by molar-refractivity contribution is -0.127. The summed E-state index contributed by atoms with van der Waals surface area (Å²) in [5, 5.41) is 11.4. The first-order valence-corrected chi connectivity index (χ1v) is 3.60. The monoisotopic (exact) mass is 177 g/mol. The Morgan fingerprint density at radius 2 is 1.92 bits per heavy atom. The smallest absolute Gasteiger partial charge is 0.366 e. The molecule has 2 bridgehead atoms. The molecule has 64 valence electrons. The molecule has 2 heterocycles. The molecule has 3 rings (SSSR count). The van der Waals surface area contributed by atoms with E-state index >= 15 is 0 Å². The number of fused-ring (bicyclic) bond motifs is 4. The summed E-state index contributed by atoms with van der Waals surface area (Å²) in [6.45, 7) is 0. The van der Waals surface area contributed by atoms with Gasteiger partial charge in [0.25, 0.3) is 0 Å². The Morgan fingerprint density at radius 1 is 1.23 bits per heavy atom. The van der Waals surface area contributed by atoms with Crippen LogP contribution in [0.2, 0.25) is 0 Å². The number of carbonyl (C=O) groups is 1. The third-order valence-electron chi connectivity index (χ3n) is 1.96. The molecule has 1 N–H and O–H groups in total. The van der Waals surface area contributed by atoms with Crippen LogP contribution < -0.4 is 9.47 Å². The highest BCUT2D eigenvalue weighted by molar-refractivity contribution is 6.44. The molecule has 0 amide bonds. The van der Waals surface area contributed by atoms with E-state index in [0.29, 0.717) is 22.8 Å². The molecule has 0 spiro atoms. The molecule has 0 aliphatic carbocycles. The highest BCUT2D eigenvalue weighted by Gasteiger charge is 2.35. The highest BCUT2D eigenvalue weighted by Crippen LogP contribution is 2.54. The summed E-state index contributed by atoms with van der Waals surface area (Å²) in [5.74, 6) is 0.994. The molecule has 0 unspecified atom stereocenters. The van der Waals surface area contributed by atoms with Crippen LogP contribution in [0.3, 0.4) is 0 Å². The summed E-state index contributed by atoms with van der Waals surface area (Å²) < 4.78 is 9.83. The Balaban J connectivity index is 2.29. The van der Waals surface area contributed by atoms with Crippen molar-refractivity contribution in [1.29, 1.82) is 0 Å². The van der Waals surface area contributed by atoms with Crippen LogP contribution in [-0.4, -0.2) is 16.9 Å². The van der Waals surface area contributed by atoms with Gasteiger partial charge in [-0.3, -0.25) is 0 Å². The first-order valence-electron chi connectivity index (χ1n) is 3.60. The van der Waals surface area contributed by atoms with Crippen molar-refractivity contribution in [2.75, 3.05) is 0 Å². The van der Waals surface area contributed by atoms with E-state index in [2.05, 4.69) is 5.16 Å². The second-order valence-electron chi connectivity index (χ2n) is 2.74. The van der Waals surface area contributed by atoms with Crippen LogP contribution in [0, 0.1) is 0 Å². The number of carbonyl (C=O) groups excluding carboxylic acids is 1. The molecule has 1 aromatic rings. The van der Waals surface area contributed by atoms with E-state index in [1.54, 1.807) is 12.1 Å². The van der Waals surface area contributed by atoms with E-state index in [-0.39, 0.29) is 5.71 Å². The summed E-state index contributed by atoms with van der Waals surface area (Å²) in [4.78, 5) is 11.1. The molecule has 0 radical (unpaired) electrons. The summed E-state index contributed by atoms with van der Waals surface area (Å²) in [6.07, 6.45) is 0. The fourth-order valence-corrected chi connectivity index (χ4v) is 1.32. The zero-order valence-electron chi connectivity index (χ0n) is 6.27. The molecule has 5 nitrogen and oxygen atoms in total. The van der Waals surface area contributed by atoms with Crippen LogP contribution in [0.1, 0.15) is 5.56 Å². The van der Waals surface area contributed by atoms with Gasteiger partial charge in [-0.25, -0.2) is 4.79 Å². The maximum atomic E-state index is 11.1. The standard InChI is InChI=1S/C8H3NO4/c10-8-6(9-11)3-1-4-7(12-4)5(2-3)13-8/h1-2,11H/b9-6+. The van der Waals surface area contributed by atoms with E-state index in [9.17, 15) is 4.79 Å². The van der Waals surface area contributed by atoms with E-state index in [1.807, 2.05) is 0 Å². The third kappa shape index (κ3) is 0.703. The van der Waals surface area contributed by atoms with Gasteiger partial charge in [-0.15, -0.1) is 0 Å². The van der Waals surface area contributed by atoms with Crippen molar-refractivity contribution >= 4 is 11.7 Å². The lowest BCUT2D eigenvalue weighted by Gasteiger charge is -2.09. The largest absolute Gasteiger partial charge is 0.445 e. The molecular weight excluding hydrogens is 174 g/mol. The van der Waals surface area contributed by atoms with Gasteiger partial charge in [-0.05, 0) is 12.1 Å². The zero-order chi connectivity index (χ0) is 9.00. The molecule has 0 saturated carbocycles. The van der Waals surface area contributed by atoms with Crippen molar-refractivity contribution in [1.82, 2.24) is 0 Å². The lowest BCUT2D eigenvalue weighted by atomic mass is 10.1. The molecule has 0 saturated heterocycles. The average molecular weight is 177 g/mol. The van der Waals surface area contributed by atoms with Crippen LogP contribution in [0.25, 0.3) is 0 Å². The van der Waals surface area contributed by atoms with Crippen molar-refractivity contribution < 1.29 is 19.5 Å². The Kier molecular flexibility index (Phi) is 0.906. The minimum atomic E-state index is -0.659. The van der Waals surface area contributed by atoms with Gasteiger partial charge in [0, 0.05) is 5.56 Å². The van der Waals surface area contributed by atoms with Gasteiger partial charge >= 0.3 is 5.97 Å². The first-order chi connectivity index (χ1) is 6.29. The number of nitrogens with zero attached hydrogens (tertiary/aromatic N) is 1. The van der Waals surface area contributed by atoms with Gasteiger partial charge in [0.2, 0.25) is 5.75 Å². The summed E-state index contributed by atoms with van der Waals surface area (Å²) in [6, 6.07) is 3.23. The molecule has 2 aliphatic rings. The Hall–Kier alpha value is -2.04. The molecule has 13 heavy (non-hydrogen) atoms. The molecular formula is C8H3NO4. The van der Waals surface area contributed by atoms with Gasteiger partial charge < -0.3 is 14.7 Å². The van der Waals surface area contributed by atoms with Crippen LogP contribution in [0.5, 0.6) is 17.2 Å². The number of esters is 1. The van der Waals surface area contributed by atoms with Gasteiger partial charge in [0.05, 0.1) is 0 Å². The molecule has 5 heteroatoms. The second-order valence-corrected chi connectivity index (χ2v) is 2.74. The minimum absolute atomic E-state index is 0.0919. The number of hydrogen-bond acceptors (Lipinski definition) is 5. The summed E-state index contributed by atoms with van der Waals surface area (Å²) >= 11 is 0. The van der Waals surface area contributed by atoms with Crippen molar-refractivity contribution in [3.05, 3.63) is 17.7 Å². The van der Waals surface area contributed by atoms with Crippen molar-refractivity contribution in [2.24, 2.45) is 5.16 Å². The first kappa shape index (κ1) is 6.47. The minimum Gasteiger partial charge on any atom is -0.445 e. The maximum Gasteiger partial charge on any atom is 0.366 e. The van der Waals surface area contributed by atoms with E-state index in [4.69, 9.17) is 14.7 Å². The van der Waals surface area contributed by atoms with Crippen LogP contribution in [0.15, 0.2) is 17.3 Å². The normalized spacial score (nSPS) is 19.1. The van der Waals surface area contributed by atoms with Gasteiger partial charge in [0.15, 0.2) is 17.2 Å². The van der Waals surface area contributed by atoms with Gasteiger partial charge in [0.1, 0.15) is 0 Å². The van der Waals surface area contributed by atoms with Gasteiger partial charge in [-0.2, -0.15) is 0 Å². The maximum absolute atomic E-state index is 11.1. The second kappa shape index (κ2) is 1.82. The molecule has 1 aromatic carbocycles. The van der Waals surface area contributed by atoms with Crippen LogP contribution in [0.4, 0.5) is 0 Å². The average Bonchev–Trinajstić information content (AvgIpc) is 2.83. The summed E-state index contributed by atoms with van der Waals surface area (Å²) in [5.41, 5.74) is 0.427. The van der Waals surface area contributed by atoms with Crippen molar-refractivity contribution in [3.8, 4) is 17.2 Å². The molecule has 0 atom stereocenters. The molecule has 2 aliphatic heterocycles. The highest BCUT2D eigenvalue weighted by atomic mass is 16.6. The third-order valence-corrected chi connectivity index (χ3v) is 1.96. The molecule has 0 aromatic heterocycles. The number of rotatable bonds is 0. The molecule has 0 fully saturated rings. The number of benzene rings is 1. The fourth-order valence-electron chi connectivity index (χ4n) is 1.32. The van der Waals surface area contributed by atoms with Crippen molar-refractivity contribution in [3.63, 3.8) is 0 Å². The predicted octanol–water partition coefficient (Wildman–Crippen LogP) is 0.890. The van der Waals surface area contributed by atoms with E-state index in [1.165, 1.54) is 0 Å². The van der Waals surface area contributed by atoms with Gasteiger partial charge in [-0.1, -0.05) is 5.16 Å². The topological polar surface area (TPSA) is 71.4 Å². The Bertz CT molecular complexity index is 463.